The smallest absolute Gasteiger partial charge is 0.251 e. The van der Waals surface area contributed by atoms with E-state index in [0.29, 0.717) is 17.9 Å². The molecule has 0 saturated heterocycles. The highest BCUT2D eigenvalue weighted by Crippen LogP contribution is 2.44. The van der Waals surface area contributed by atoms with Crippen molar-refractivity contribution in [1.29, 1.82) is 0 Å². The molecule has 1 aliphatic rings. The molecule has 1 heterocycles. The Labute approximate surface area is 105 Å². The molecule has 0 radical (unpaired) electrons. The number of halogens is 1. The van der Waals surface area contributed by atoms with E-state index in [4.69, 9.17) is 17.4 Å². The first kappa shape index (κ1) is 12.1. The van der Waals surface area contributed by atoms with Gasteiger partial charge in [0.15, 0.2) is 0 Å². The van der Waals surface area contributed by atoms with Crippen LogP contribution in [0, 0.1) is 5.41 Å². The summed E-state index contributed by atoms with van der Waals surface area (Å²) in [6.07, 6.45) is 2.33. The lowest BCUT2D eigenvalue weighted by Crippen LogP contribution is -2.29. The maximum atomic E-state index is 11.9. The minimum Gasteiger partial charge on any atom is -0.351 e. The lowest BCUT2D eigenvalue weighted by Gasteiger charge is -2.10. The van der Waals surface area contributed by atoms with Crippen molar-refractivity contribution in [2.75, 3.05) is 12.0 Å². The summed E-state index contributed by atoms with van der Waals surface area (Å²) in [5.74, 6) is 5.46. The van der Waals surface area contributed by atoms with Gasteiger partial charge in [-0.15, -0.1) is 0 Å². The number of nitrogens with zero attached hydrogens (tertiary/aromatic N) is 1. The number of aromatic nitrogens is 1. The van der Waals surface area contributed by atoms with Crippen LogP contribution in [0.3, 0.4) is 0 Å². The molecule has 6 heteroatoms. The molecular weight excluding hydrogens is 240 g/mol. The molecule has 92 valence electrons. The molecule has 1 saturated carbocycles. The number of anilines is 1. The normalized spacial score (nSPS) is 16.4. The number of rotatable bonds is 4. The summed E-state index contributed by atoms with van der Waals surface area (Å²) in [7, 11) is 0. The molecule has 0 spiro atoms. The van der Waals surface area contributed by atoms with Gasteiger partial charge in [-0.2, -0.15) is 0 Å². The fraction of sp³-hybridized carbons (Fsp3) is 0.455. The molecule has 2 rings (SSSR count). The Morgan fingerprint density at radius 2 is 2.29 bits per heavy atom. The highest BCUT2D eigenvalue weighted by Gasteiger charge is 2.37. The van der Waals surface area contributed by atoms with Crippen molar-refractivity contribution in [3.05, 3.63) is 22.8 Å². The van der Waals surface area contributed by atoms with E-state index in [1.54, 1.807) is 6.07 Å². The number of nitrogens with two attached hydrogens (primary N) is 1. The molecule has 17 heavy (non-hydrogen) atoms. The van der Waals surface area contributed by atoms with Crippen LogP contribution < -0.4 is 16.6 Å². The average Bonchev–Trinajstić information content (AvgIpc) is 3.04. The zero-order valence-corrected chi connectivity index (χ0v) is 10.3. The van der Waals surface area contributed by atoms with Crippen LogP contribution in [0.4, 0.5) is 5.82 Å². The van der Waals surface area contributed by atoms with Crippen molar-refractivity contribution in [3.63, 3.8) is 0 Å². The molecule has 0 unspecified atom stereocenters. The topological polar surface area (TPSA) is 80.0 Å². The van der Waals surface area contributed by atoms with Crippen LogP contribution >= 0.6 is 11.6 Å². The van der Waals surface area contributed by atoms with E-state index in [1.165, 1.54) is 18.9 Å². The molecule has 0 aliphatic heterocycles. The summed E-state index contributed by atoms with van der Waals surface area (Å²) < 4.78 is 0. The summed E-state index contributed by atoms with van der Waals surface area (Å²) in [5, 5.41) is 3.13. The molecular formula is C11H15ClN4O. The molecule has 1 fully saturated rings. The number of carbonyl (C=O) groups is 1. The van der Waals surface area contributed by atoms with E-state index in [9.17, 15) is 4.79 Å². The maximum absolute atomic E-state index is 11.9. The van der Waals surface area contributed by atoms with Gasteiger partial charge in [0.25, 0.3) is 5.91 Å². The van der Waals surface area contributed by atoms with E-state index in [1.807, 2.05) is 0 Å². The average molecular weight is 255 g/mol. The monoisotopic (exact) mass is 254 g/mol. The Morgan fingerprint density at radius 1 is 1.59 bits per heavy atom. The summed E-state index contributed by atoms with van der Waals surface area (Å²) in [6.45, 7) is 2.84. The highest BCUT2D eigenvalue weighted by molar-refractivity contribution is 6.29. The van der Waals surface area contributed by atoms with Crippen LogP contribution in [0.1, 0.15) is 30.1 Å². The lowest BCUT2D eigenvalue weighted by atomic mass is 10.1. The van der Waals surface area contributed by atoms with E-state index in [0.717, 1.165) is 0 Å². The van der Waals surface area contributed by atoms with Crippen LogP contribution in [0.2, 0.25) is 5.15 Å². The number of pyridine rings is 1. The molecule has 0 aromatic carbocycles. The lowest BCUT2D eigenvalue weighted by molar-refractivity contribution is 0.0946. The molecule has 4 N–H and O–H groups in total. The summed E-state index contributed by atoms with van der Waals surface area (Å²) in [5.41, 5.74) is 3.11. The zero-order valence-electron chi connectivity index (χ0n) is 9.59. The fourth-order valence-corrected chi connectivity index (χ4v) is 1.70. The molecule has 1 amide bonds. The van der Waals surface area contributed by atoms with Gasteiger partial charge < -0.3 is 10.7 Å². The van der Waals surface area contributed by atoms with Crippen molar-refractivity contribution in [1.82, 2.24) is 10.3 Å². The van der Waals surface area contributed by atoms with Crippen LogP contribution in [-0.2, 0) is 0 Å². The summed E-state index contributed by atoms with van der Waals surface area (Å²) in [4.78, 5) is 15.8. The second-order valence-electron chi connectivity index (χ2n) is 4.70. The first-order chi connectivity index (χ1) is 8.02. The molecule has 1 aliphatic carbocycles. The molecule has 0 atom stereocenters. The Hall–Kier alpha value is -1.33. The van der Waals surface area contributed by atoms with Gasteiger partial charge in [-0.05, 0) is 30.4 Å². The van der Waals surface area contributed by atoms with E-state index in [2.05, 4.69) is 22.7 Å². The molecule has 1 aromatic heterocycles. The predicted octanol–water partition coefficient (Wildman–Crippen LogP) is 1.55. The minimum atomic E-state index is -0.154. The number of carbonyl (C=O) groups excluding carboxylic acids is 1. The zero-order chi connectivity index (χ0) is 12.5. The Kier molecular flexibility index (Phi) is 3.22. The van der Waals surface area contributed by atoms with Gasteiger partial charge in [0.2, 0.25) is 0 Å². The van der Waals surface area contributed by atoms with Crippen molar-refractivity contribution >= 4 is 23.3 Å². The first-order valence-electron chi connectivity index (χ1n) is 5.45. The fourth-order valence-electron chi connectivity index (χ4n) is 1.49. The second kappa shape index (κ2) is 4.50. The maximum Gasteiger partial charge on any atom is 0.251 e. The van der Waals surface area contributed by atoms with Crippen LogP contribution in [-0.4, -0.2) is 17.4 Å². The van der Waals surface area contributed by atoms with Crippen molar-refractivity contribution in [2.45, 2.75) is 19.8 Å². The largest absolute Gasteiger partial charge is 0.351 e. The highest BCUT2D eigenvalue weighted by atomic mass is 35.5. The van der Waals surface area contributed by atoms with Crippen molar-refractivity contribution in [3.8, 4) is 0 Å². The molecule has 1 aromatic rings. The second-order valence-corrected chi connectivity index (χ2v) is 5.09. The van der Waals surface area contributed by atoms with E-state index in [-0.39, 0.29) is 16.5 Å². The Bertz CT molecular complexity index is 445. The van der Waals surface area contributed by atoms with E-state index < -0.39 is 0 Å². The Morgan fingerprint density at radius 3 is 2.88 bits per heavy atom. The third-order valence-electron chi connectivity index (χ3n) is 2.98. The van der Waals surface area contributed by atoms with Gasteiger partial charge in [0, 0.05) is 12.1 Å². The summed E-state index contributed by atoms with van der Waals surface area (Å²) >= 11 is 5.79. The van der Waals surface area contributed by atoms with Gasteiger partial charge in [0.1, 0.15) is 11.0 Å². The first-order valence-corrected chi connectivity index (χ1v) is 5.83. The van der Waals surface area contributed by atoms with Gasteiger partial charge in [0.05, 0.1) is 0 Å². The molecule has 0 bridgehead atoms. The van der Waals surface area contributed by atoms with Crippen LogP contribution in [0.25, 0.3) is 0 Å². The van der Waals surface area contributed by atoms with Crippen LogP contribution in [0.5, 0.6) is 0 Å². The quantitative estimate of drug-likeness (QED) is 0.433. The number of hydrogen-bond acceptors (Lipinski definition) is 4. The summed E-state index contributed by atoms with van der Waals surface area (Å²) in [6, 6.07) is 3.09. The molecule has 5 nitrogen and oxygen atoms in total. The number of hydrogen-bond donors (Lipinski definition) is 3. The number of nitrogen functional groups attached to an aromatic ring is 1. The third-order valence-corrected chi connectivity index (χ3v) is 3.18. The SMILES string of the molecule is CC1(CNC(=O)c2cc(Cl)nc(NN)c2)CC1. The van der Waals surface area contributed by atoms with Crippen molar-refractivity contribution in [2.24, 2.45) is 11.3 Å². The number of nitrogens with one attached hydrogen (secondary N) is 2. The van der Waals surface area contributed by atoms with Gasteiger partial charge in [-0.1, -0.05) is 18.5 Å². The standard InChI is InChI=1S/C11H15ClN4O/c1-11(2-3-11)6-14-10(17)7-4-8(12)15-9(5-7)16-13/h4-5H,2-3,6,13H2,1H3,(H,14,17)(H,15,16). The minimum absolute atomic E-state index is 0.154. The van der Waals surface area contributed by atoms with E-state index >= 15 is 0 Å². The van der Waals surface area contributed by atoms with Gasteiger partial charge in [-0.25, -0.2) is 10.8 Å². The van der Waals surface area contributed by atoms with Crippen LogP contribution in [0.15, 0.2) is 12.1 Å². The van der Waals surface area contributed by atoms with Gasteiger partial charge >= 0.3 is 0 Å². The van der Waals surface area contributed by atoms with Crippen molar-refractivity contribution < 1.29 is 4.79 Å². The Balaban J connectivity index is 2.04. The predicted molar refractivity (Wildman–Crippen MR) is 66.7 cm³/mol. The van der Waals surface area contributed by atoms with Gasteiger partial charge in [-0.3, -0.25) is 4.79 Å². The number of hydrazine groups is 1. The third kappa shape index (κ3) is 3.08. The number of amides is 1.